The topological polar surface area (TPSA) is 6.48 Å². The number of rotatable bonds is 9. The van der Waals surface area contributed by atoms with E-state index in [1.54, 1.807) is 0 Å². The summed E-state index contributed by atoms with van der Waals surface area (Å²) in [7, 11) is 0. The fourth-order valence-corrected chi connectivity index (χ4v) is 26.5. The lowest BCUT2D eigenvalue weighted by molar-refractivity contribution is 0.450. The Labute approximate surface area is 173 Å². The number of hydrogen-bond donors (Lipinski definition) is 0. The predicted octanol–water partition coefficient (Wildman–Crippen LogP) is 7.04. The molecular weight excluding hydrogens is 394 g/mol. The quantitative estimate of drug-likeness (QED) is 0.357. The van der Waals surface area contributed by atoms with Crippen LogP contribution in [0.15, 0.2) is 0 Å². The fraction of sp³-hybridized carbons (Fsp3) is 1.00. The van der Waals surface area contributed by atoms with Gasteiger partial charge >= 0.3 is 0 Å². The zero-order chi connectivity index (χ0) is 19.2. The van der Waals surface area contributed by atoms with Gasteiger partial charge in [0.2, 0.25) is 0 Å². The zero-order valence-electron chi connectivity index (χ0n) is 17.7. The van der Waals surface area contributed by atoms with E-state index >= 15 is 0 Å². The second kappa shape index (κ2) is 10.8. The van der Waals surface area contributed by atoms with E-state index in [0.29, 0.717) is 0 Å². The second-order valence-electron chi connectivity index (χ2n) is 8.04. The van der Waals surface area contributed by atoms with Crippen LogP contribution in [0.3, 0.4) is 0 Å². The minimum Gasteiger partial charge on any atom is -0.271 e. The van der Waals surface area contributed by atoms with Gasteiger partial charge in [0.05, 0.1) is 11.8 Å². The summed E-state index contributed by atoms with van der Waals surface area (Å²) in [5, 5.41) is 0. The molecule has 6 heteroatoms. The molecule has 2 atom stereocenters. The van der Waals surface area contributed by atoms with Gasteiger partial charge < -0.3 is 0 Å². The summed E-state index contributed by atoms with van der Waals surface area (Å²) in [6.07, 6.45) is 13.7. The van der Waals surface area contributed by atoms with Gasteiger partial charge in [-0.25, -0.2) is 0 Å². The standard InChI is InChI=1S/C20H42N2P2S2/c1-5-21(6-2)23(25,19-15-11-9-12-16-19)24(26,22(7-3)8-4)20-17-13-10-14-18-20/h19-20H,5-18H2,1-4H3. The smallest absolute Gasteiger partial charge is 0.0624 e. The molecule has 0 radical (unpaired) electrons. The van der Waals surface area contributed by atoms with Crippen molar-refractivity contribution in [3.05, 3.63) is 0 Å². The van der Waals surface area contributed by atoms with Crippen LogP contribution in [0.4, 0.5) is 0 Å². The van der Waals surface area contributed by atoms with Crippen molar-refractivity contribution in [1.82, 2.24) is 9.34 Å². The Hall–Kier alpha value is 1.22. The first-order valence-corrected chi connectivity index (χ1v) is 17.6. The maximum absolute atomic E-state index is 6.91. The molecule has 0 aromatic heterocycles. The van der Waals surface area contributed by atoms with Crippen molar-refractivity contribution in [1.29, 1.82) is 0 Å². The monoisotopic (exact) mass is 436 g/mol. The van der Waals surface area contributed by atoms with Crippen LogP contribution in [0.1, 0.15) is 91.9 Å². The van der Waals surface area contributed by atoms with Crippen LogP contribution in [-0.2, 0) is 23.6 Å². The summed E-state index contributed by atoms with van der Waals surface area (Å²) in [5.41, 5.74) is 1.44. The van der Waals surface area contributed by atoms with Crippen molar-refractivity contribution in [3.63, 3.8) is 0 Å². The molecule has 26 heavy (non-hydrogen) atoms. The van der Waals surface area contributed by atoms with Crippen LogP contribution >= 0.6 is 11.8 Å². The first-order valence-electron chi connectivity index (χ1n) is 11.2. The Morgan fingerprint density at radius 3 is 1.08 bits per heavy atom. The van der Waals surface area contributed by atoms with Gasteiger partial charge in [-0.2, -0.15) is 0 Å². The van der Waals surface area contributed by atoms with Gasteiger partial charge in [0.1, 0.15) is 0 Å². The molecule has 0 N–H and O–H groups in total. The van der Waals surface area contributed by atoms with Crippen molar-refractivity contribution >= 4 is 35.4 Å². The molecule has 2 aliphatic carbocycles. The highest BCUT2D eigenvalue weighted by Crippen LogP contribution is 2.90. The molecular formula is C20H42N2P2S2. The van der Waals surface area contributed by atoms with Crippen LogP contribution in [0.2, 0.25) is 0 Å². The molecule has 0 aromatic rings. The molecule has 0 saturated heterocycles. The first-order chi connectivity index (χ1) is 12.5. The van der Waals surface area contributed by atoms with E-state index in [0.717, 1.165) is 37.5 Å². The lowest BCUT2D eigenvalue weighted by Crippen LogP contribution is -2.36. The molecule has 0 aromatic carbocycles. The third-order valence-corrected chi connectivity index (χ3v) is 27.8. The van der Waals surface area contributed by atoms with Gasteiger partial charge in [-0.05, 0) is 25.7 Å². The van der Waals surface area contributed by atoms with Gasteiger partial charge in [0, 0.05) is 37.5 Å². The van der Waals surface area contributed by atoms with Crippen molar-refractivity contribution in [3.8, 4) is 0 Å². The minimum atomic E-state index is -1.77. The van der Waals surface area contributed by atoms with Gasteiger partial charge in [-0.15, -0.1) is 0 Å². The largest absolute Gasteiger partial charge is 0.271 e. The molecule has 0 aliphatic heterocycles. The van der Waals surface area contributed by atoms with Gasteiger partial charge in [0.15, 0.2) is 0 Å². The van der Waals surface area contributed by atoms with Crippen LogP contribution in [0, 0.1) is 0 Å². The third-order valence-electron chi connectivity index (χ3n) is 6.78. The maximum atomic E-state index is 6.91. The van der Waals surface area contributed by atoms with Gasteiger partial charge in [-0.1, -0.05) is 89.8 Å². The molecule has 2 aliphatic rings. The molecule has 2 unspecified atom stereocenters. The van der Waals surface area contributed by atoms with E-state index < -0.39 is 11.8 Å². The molecule has 0 spiro atoms. The summed E-state index contributed by atoms with van der Waals surface area (Å²) in [5.74, 6) is -3.53. The Kier molecular flexibility index (Phi) is 9.80. The van der Waals surface area contributed by atoms with Crippen molar-refractivity contribution in [2.75, 3.05) is 26.2 Å². The SMILES string of the molecule is CCN(CC)P(=S)(C1CCCCC1)P(=S)(C1CCCCC1)N(CC)CC. The summed E-state index contributed by atoms with van der Waals surface area (Å²) < 4.78 is 5.48. The Morgan fingerprint density at radius 1 is 0.577 bits per heavy atom. The molecule has 0 bridgehead atoms. The summed E-state index contributed by atoms with van der Waals surface area (Å²) in [6.45, 7) is 13.7. The van der Waals surface area contributed by atoms with Gasteiger partial charge in [0.25, 0.3) is 0 Å². The van der Waals surface area contributed by atoms with Crippen molar-refractivity contribution < 1.29 is 0 Å². The van der Waals surface area contributed by atoms with Crippen LogP contribution in [0.25, 0.3) is 0 Å². The van der Waals surface area contributed by atoms with Crippen LogP contribution in [-0.4, -0.2) is 46.8 Å². The lowest BCUT2D eigenvalue weighted by atomic mass is 10.0. The average molecular weight is 437 g/mol. The van der Waals surface area contributed by atoms with Crippen molar-refractivity contribution in [2.24, 2.45) is 0 Å². The predicted molar refractivity (Wildman–Crippen MR) is 128 cm³/mol. The average Bonchev–Trinajstić information content (AvgIpc) is 2.70. The van der Waals surface area contributed by atoms with Crippen molar-refractivity contribution in [2.45, 2.75) is 103 Å². The highest BCUT2D eigenvalue weighted by molar-refractivity contribution is 8.65. The van der Waals surface area contributed by atoms with E-state index in [4.69, 9.17) is 23.6 Å². The highest BCUT2D eigenvalue weighted by atomic mass is 32.8. The number of nitrogens with zero attached hydrogens (tertiary/aromatic N) is 2. The summed E-state index contributed by atoms with van der Waals surface area (Å²) in [6, 6.07) is 0. The Balaban J connectivity index is 2.59. The maximum Gasteiger partial charge on any atom is 0.0624 e. The molecule has 2 nitrogen and oxygen atoms in total. The molecule has 2 fully saturated rings. The molecule has 0 amide bonds. The van der Waals surface area contributed by atoms with Gasteiger partial charge in [-0.3, -0.25) is 9.34 Å². The third kappa shape index (κ3) is 4.36. The molecule has 154 valence electrons. The zero-order valence-corrected chi connectivity index (χ0v) is 21.1. The molecule has 2 saturated carbocycles. The van der Waals surface area contributed by atoms with Crippen LogP contribution < -0.4 is 0 Å². The molecule has 0 heterocycles. The summed E-state index contributed by atoms with van der Waals surface area (Å²) in [4.78, 5) is 0. The van der Waals surface area contributed by atoms with E-state index in [1.807, 2.05) is 0 Å². The minimum absolute atomic E-state index is 0.722. The highest BCUT2D eigenvalue weighted by Gasteiger charge is 2.51. The second-order valence-corrected chi connectivity index (χ2v) is 21.6. The van der Waals surface area contributed by atoms with E-state index in [-0.39, 0.29) is 0 Å². The summed E-state index contributed by atoms with van der Waals surface area (Å²) >= 11 is 13.8. The first kappa shape index (κ1) is 23.5. The lowest BCUT2D eigenvalue weighted by Gasteiger charge is -2.55. The normalized spacial score (nSPS) is 25.3. The Bertz CT molecular complexity index is 460. The van der Waals surface area contributed by atoms with E-state index in [1.165, 1.54) is 64.2 Å². The molecule has 2 rings (SSSR count). The van der Waals surface area contributed by atoms with E-state index in [9.17, 15) is 0 Å². The van der Waals surface area contributed by atoms with Crippen LogP contribution in [0.5, 0.6) is 0 Å². The number of hydrogen-bond acceptors (Lipinski definition) is 2. The Morgan fingerprint density at radius 2 is 0.846 bits per heavy atom. The fourth-order valence-electron chi connectivity index (χ4n) is 5.38. The van der Waals surface area contributed by atoms with E-state index in [2.05, 4.69) is 37.0 Å².